The van der Waals surface area contributed by atoms with Crippen LogP contribution in [0.1, 0.15) is 56.9 Å². The van der Waals surface area contributed by atoms with E-state index < -0.39 is 0 Å². The number of anilines is 1. The predicted molar refractivity (Wildman–Crippen MR) is 119 cm³/mol. The number of halogens is 1. The van der Waals surface area contributed by atoms with Crippen LogP contribution in [0.2, 0.25) is 5.02 Å². The Kier molecular flexibility index (Phi) is 9.58. The Morgan fingerprint density at radius 3 is 2.71 bits per heavy atom. The number of pyridine rings is 1. The zero-order chi connectivity index (χ0) is 21.9. The average molecular weight is 451 g/mol. The van der Waals surface area contributed by atoms with E-state index in [0.29, 0.717) is 36.1 Å². The van der Waals surface area contributed by atoms with Crippen LogP contribution in [0.15, 0.2) is 18.3 Å². The maximum absolute atomic E-state index is 12.1. The number of hydroxylamine groups is 1. The number of nitrogens with zero attached hydrogens (tertiary/aromatic N) is 1. The summed E-state index contributed by atoms with van der Waals surface area (Å²) in [5, 5.41) is 6.54. The van der Waals surface area contributed by atoms with Crippen molar-refractivity contribution in [1.29, 1.82) is 0 Å². The monoisotopic (exact) mass is 450 g/mol. The van der Waals surface area contributed by atoms with Gasteiger partial charge in [0.15, 0.2) is 6.29 Å². The molecule has 2 fully saturated rings. The van der Waals surface area contributed by atoms with Crippen LogP contribution in [-0.4, -0.2) is 42.8 Å². The van der Waals surface area contributed by atoms with E-state index in [4.69, 9.17) is 21.2 Å². The van der Waals surface area contributed by atoms with Crippen LogP contribution in [0.4, 0.5) is 5.82 Å². The number of aromatic nitrogens is 1. The quantitative estimate of drug-likeness (QED) is 0.302. The topological polar surface area (TPSA) is 102 Å². The summed E-state index contributed by atoms with van der Waals surface area (Å²) in [5.41, 5.74) is 3.05. The molecule has 2 heterocycles. The van der Waals surface area contributed by atoms with E-state index in [0.717, 1.165) is 44.9 Å². The van der Waals surface area contributed by atoms with Crippen molar-refractivity contribution >= 4 is 35.3 Å². The molecule has 1 aromatic rings. The third-order valence-electron chi connectivity index (χ3n) is 5.41. The Bertz CT molecular complexity index is 762. The third-order valence-corrected chi connectivity index (χ3v) is 5.70. The average Bonchev–Trinajstić information content (AvgIpc) is 2.81. The number of hydrogen-bond acceptors (Lipinski definition) is 6. The summed E-state index contributed by atoms with van der Waals surface area (Å²) in [6.45, 7) is 1.69. The summed E-state index contributed by atoms with van der Waals surface area (Å²) in [4.78, 5) is 33.5. The Morgan fingerprint density at radius 1 is 1.16 bits per heavy atom. The lowest BCUT2D eigenvalue weighted by Crippen LogP contribution is -2.35. The van der Waals surface area contributed by atoms with Gasteiger partial charge in [0.05, 0.1) is 5.02 Å². The largest absolute Gasteiger partial charge is 0.367 e. The van der Waals surface area contributed by atoms with Crippen LogP contribution in [0.5, 0.6) is 0 Å². The van der Waals surface area contributed by atoms with Crippen molar-refractivity contribution in [1.82, 2.24) is 15.8 Å². The van der Waals surface area contributed by atoms with Gasteiger partial charge in [-0.2, -0.15) is 0 Å². The van der Waals surface area contributed by atoms with Crippen molar-refractivity contribution in [2.24, 2.45) is 5.92 Å². The van der Waals surface area contributed by atoms with Gasteiger partial charge in [-0.3, -0.25) is 9.59 Å². The van der Waals surface area contributed by atoms with Gasteiger partial charge in [0.1, 0.15) is 5.82 Å². The van der Waals surface area contributed by atoms with Crippen LogP contribution in [0.3, 0.4) is 0 Å². The molecule has 8 nitrogen and oxygen atoms in total. The van der Waals surface area contributed by atoms with E-state index >= 15 is 0 Å². The lowest BCUT2D eigenvalue weighted by atomic mass is 9.89. The van der Waals surface area contributed by atoms with E-state index in [-0.39, 0.29) is 24.0 Å². The van der Waals surface area contributed by atoms with Gasteiger partial charge in [-0.1, -0.05) is 30.9 Å². The van der Waals surface area contributed by atoms with Crippen LogP contribution in [0, 0.1) is 5.92 Å². The molecule has 1 unspecified atom stereocenters. The smallest absolute Gasteiger partial charge is 0.267 e. The molecular formula is C22H31ClN4O4. The molecule has 1 aromatic heterocycles. The highest BCUT2D eigenvalue weighted by Crippen LogP contribution is 2.23. The molecule has 2 aliphatic rings. The van der Waals surface area contributed by atoms with Gasteiger partial charge in [-0.05, 0) is 43.4 Å². The van der Waals surface area contributed by atoms with Crippen LogP contribution in [0.25, 0.3) is 6.08 Å². The van der Waals surface area contributed by atoms with E-state index in [1.54, 1.807) is 18.3 Å². The first kappa shape index (κ1) is 23.5. The maximum atomic E-state index is 12.1. The standard InChI is InChI=1S/C22H31ClN4O4/c23-18-14-16(9-10-19(28)27-31-20-8-4-5-13-30-20)15-26-21(18)24-11-12-25-22(29)17-6-2-1-3-7-17/h9-10,14-15,17,20H,1-8,11-13H2,(H,24,26)(H,25,29)(H,27,28). The Labute approximate surface area is 188 Å². The van der Waals surface area contributed by atoms with Crippen LogP contribution < -0.4 is 16.1 Å². The molecule has 1 saturated carbocycles. The van der Waals surface area contributed by atoms with Crippen molar-refractivity contribution in [3.05, 3.63) is 28.9 Å². The number of rotatable bonds is 9. The molecule has 31 heavy (non-hydrogen) atoms. The van der Waals surface area contributed by atoms with Crippen molar-refractivity contribution in [2.45, 2.75) is 57.7 Å². The summed E-state index contributed by atoms with van der Waals surface area (Å²) >= 11 is 6.28. The number of hydrogen-bond donors (Lipinski definition) is 3. The molecule has 3 N–H and O–H groups in total. The highest BCUT2D eigenvalue weighted by atomic mass is 35.5. The minimum atomic E-state index is -0.389. The zero-order valence-electron chi connectivity index (χ0n) is 17.7. The fourth-order valence-corrected chi connectivity index (χ4v) is 3.93. The number of carbonyl (C=O) groups is 2. The lowest BCUT2D eigenvalue weighted by molar-refractivity contribution is -0.198. The van der Waals surface area contributed by atoms with Gasteiger partial charge in [0, 0.05) is 44.3 Å². The predicted octanol–water partition coefficient (Wildman–Crippen LogP) is 3.43. The van der Waals surface area contributed by atoms with Gasteiger partial charge in [0.25, 0.3) is 5.91 Å². The molecular weight excluding hydrogens is 420 g/mol. The highest BCUT2D eigenvalue weighted by molar-refractivity contribution is 6.33. The Hall–Kier alpha value is -2.16. The van der Waals surface area contributed by atoms with Gasteiger partial charge in [-0.15, -0.1) is 0 Å². The van der Waals surface area contributed by atoms with Gasteiger partial charge < -0.3 is 15.4 Å². The maximum Gasteiger partial charge on any atom is 0.267 e. The fourth-order valence-electron chi connectivity index (χ4n) is 3.68. The van der Waals surface area contributed by atoms with E-state index in [1.807, 2.05) is 0 Å². The molecule has 0 bridgehead atoms. The minimum absolute atomic E-state index is 0.137. The van der Waals surface area contributed by atoms with Crippen LogP contribution in [-0.2, 0) is 19.2 Å². The van der Waals surface area contributed by atoms with E-state index in [1.165, 1.54) is 12.5 Å². The molecule has 1 atom stereocenters. The molecule has 0 radical (unpaired) electrons. The van der Waals surface area contributed by atoms with Gasteiger partial charge in [-0.25, -0.2) is 15.3 Å². The highest BCUT2D eigenvalue weighted by Gasteiger charge is 2.20. The second-order valence-corrected chi connectivity index (χ2v) is 8.27. The first-order valence-corrected chi connectivity index (χ1v) is 11.4. The van der Waals surface area contributed by atoms with Crippen molar-refractivity contribution in [3.63, 3.8) is 0 Å². The van der Waals surface area contributed by atoms with Crippen molar-refractivity contribution < 1.29 is 19.2 Å². The Balaban J connectivity index is 1.37. The van der Waals surface area contributed by atoms with Crippen molar-refractivity contribution in [3.8, 4) is 0 Å². The molecule has 170 valence electrons. The third kappa shape index (κ3) is 8.12. The molecule has 0 aromatic carbocycles. The van der Waals surface area contributed by atoms with Crippen LogP contribution >= 0.6 is 11.6 Å². The first-order valence-electron chi connectivity index (χ1n) is 11.0. The van der Waals surface area contributed by atoms with Gasteiger partial charge in [0.2, 0.25) is 5.91 Å². The van der Waals surface area contributed by atoms with E-state index in [9.17, 15) is 9.59 Å². The normalized spacial score (nSPS) is 19.8. The molecule has 3 rings (SSSR count). The molecule has 1 saturated heterocycles. The summed E-state index contributed by atoms with van der Waals surface area (Å²) < 4.78 is 5.39. The number of nitrogens with one attached hydrogen (secondary N) is 3. The second-order valence-electron chi connectivity index (χ2n) is 7.87. The summed E-state index contributed by atoms with van der Waals surface area (Å²) in [7, 11) is 0. The molecule has 9 heteroatoms. The zero-order valence-corrected chi connectivity index (χ0v) is 18.5. The number of ether oxygens (including phenoxy) is 1. The van der Waals surface area contributed by atoms with Gasteiger partial charge >= 0.3 is 0 Å². The number of amides is 2. The summed E-state index contributed by atoms with van der Waals surface area (Å²) in [5.74, 6) is 0.437. The lowest BCUT2D eigenvalue weighted by Gasteiger charge is -2.21. The molecule has 2 amide bonds. The Morgan fingerprint density at radius 2 is 1.97 bits per heavy atom. The molecule has 1 aliphatic carbocycles. The van der Waals surface area contributed by atoms with E-state index in [2.05, 4.69) is 21.1 Å². The number of carbonyl (C=O) groups excluding carboxylic acids is 2. The summed E-state index contributed by atoms with van der Waals surface area (Å²) in [6.07, 6.45) is 12.5. The van der Waals surface area contributed by atoms with Crippen molar-refractivity contribution in [2.75, 3.05) is 25.0 Å². The molecule has 1 aliphatic heterocycles. The minimum Gasteiger partial charge on any atom is -0.367 e. The molecule has 0 spiro atoms. The second kappa shape index (κ2) is 12.6. The first-order chi connectivity index (χ1) is 15.1. The fraction of sp³-hybridized carbons (Fsp3) is 0.591. The summed E-state index contributed by atoms with van der Waals surface area (Å²) in [6, 6.07) is 1.71. The SMILES string of the molecule is O=C(C=Cc1cnc(NCCNC(=O)C2CCCCC2)c(Cl)c1)NOC1CCCCO1.